The average molecular weight is 264 g/mol. The Kier molecular flexibility index (Phi) is 2.56. The molecule has 2 heterocycles. The number of ether oxygens (including phenoxy) is 1. The molecule has 1 N–H and O–H groups in total. The van der Waals surface area contributed by atoms with Gasteiger partial charge in [-0.15, -0.1) is 34.0 Å². The molecule has 2 aromatic rings. The second-order valence-electron chi connectivity index (χ2n) is 2.34. The summed E-state index contributed by atoms with van der Waals surface area (Å²) in [7, 11) is 1.29. The molecule has 0 atom stereocenters. The van der Waals surface area contributed by atoms with Gasteiger partial charge >= 0.3 is 5.97 Å². The largest absolute Gasteiger partial charge is 0.505 e. The standard InChI is InChI=1S/C7H4O3S4/c1-10-5(9)3-2(8)4-6(12-3)14-7(11)13-4/h8H,1H3. The van der Waals surface area contributed by atoms with Crippen LogP contribution in [-0.4, -0.2) is 18.2 Å². The fraction of sp³-hybridized carbons (Fsp3) is 0.143. The van der Waals surface area contributed by atoms with Crippen molar-refractivity contribution in [1.29, 1.82) is 0 Å². The van der Waals surface area contributed by atoms with Crippen molar-refractivity contribution in [1.82, 2.24) is 0 Å². The summed E-state index contributed by atoms with van der Waals surface area (Å²) in [6, 6.07) is 0. The number of hydrogen-bond acceptors (Lipinski definition) is 7. The zero-order valence-corrected chi connectivity index (χ0v) is 10.2. The molecule has 74 valence electrons. The summed E-state index contributed by atoms with van der Waals surface area (Å²) >= 11 is 8.91. The van der Waals surface area contributed by atoms with Crippen LogP contribution in [0.1, 0.15) is 9.67 Å². The molecule has 2 aromatic heterocycles. The first-order valence-electron chi connectivity index (χ1n) is 3.47. The van der Waals surface area contributed by atoms with Gasteiger partial charge in [0.2, 0.25) is 0 Å². The highest BCUT2D eigenvalue weighted by Crippen LogP contribution is 2.43. The summed E-state index contributed by atoms with van der Waals surface area (Å²) in [5.74, 6) is -0.511. The van der Waals surface area contributed by atoms with Gasteiger partial charge in [0.1, 0.15) is 11.9 Å². The van der Waals surface area contributed by atoms with Gasteiger partial charge in [-0.05, 0) is 0 Å². The average Bonchev–Trinajstić information content (AvgIpc) is 2.64. The minimum atomic E-state index is -0.506. The summed E-state index contributed by atoms with van der Waals surface area (Å²) in [6.07, 6.45) is 0. The predicted octanol–water partition coefficient (Wildman–Crippen LogP) is 3.25. The molecule has 0 unspecified atom stereocenters. The van der Waals surface area contributed by atoms with E-state index in [-0.39, 0.29) is 10.6 Å². The van der Waals surface area contributed by atoms with Gasteiger partial charge in [-0.25, -0.2) is 4.79 Å². The van der Waals surface area contributed by atoms with Crippen molar-refractivity contribution in [3.63, 3.8) is 0 Å². The molecule has 0 spiro atoms. The van der Waals surface area contributed by atoms with E-state index >= 15 is 0 Å². The maximum atomic E-state index is 11.2. The summed E-state index contributed by atoms with van der Waals surface area (Å²) in [6.45, 7) is 0. The summed E-state index contributed by atoms with van der Waals surface area (Å²) in [4.78, 5) is 11.4. The molecule has 0 saturated carbocycles. The third kappa shape index (κ3) is 1.46. The quantitative estimate of drug-likeness (QED) is 0.634. The van der Waals surface area contributed by atoms with E-state index in [9.17, 15) is 9.90 Å². The van der Waals surface area contributed by atoms with Crippen LogP contribution in [0.25, 0.3) is 8.71 Å². The maximum absolute atomic E-state index is 11.2. The third-order valence-electron chi connectivity index (χ3n) is 1.54. The molecule has 0 amide bonds. The fourth-order valence-corrected chi connectivity index (χ4v) is 5.20. The van der Waals surface area contributed by atoms with Gasteiger partial charge in [-0.3, -0.25) is 0 Å². The first-order valence-corrected chi connectivity index (χ1v) is 6.33. The minimum Gasteiger partial charge on any atom is -0.505 e. The SMILES string of the molecule is COC(=O)c1sc2sc(=S)sc2c1O. The molecule has 0 aromatic carbocycles. The normalized spacial score (nSPS) is 10.6. The van der Waals surface area contributed by atoms with Crippen LogP contribution in [-0.2, 0) is 4.74 Å². The van der Waals surface area contributed by atoms with Gasteiger partial charge in [-0.2, -0.15) is 0 Å². The van der Waals surface area contributed by atoms with E-state index in [2.05, 4.69) is 4.74 Å². The second kappa shape index (κ2) is 3.58. The topological polar surface area (TPSA) is 46.5 Å². The van der Waals surface area contributed by atoms with E-state index in [0.29, 0.717) is 4.70 Å². The van der Waals surface area contributed by atoms with Crippen molar-refractivity contribution in [3.8, 4) is 5.75 Å². The first-order chi connectivity index (χ1) is 6.63. The lowest BCUT2D eigenvalue weighted by molar-refractivity contribution is 0.0603. The van der Waals surface area contributed by atoms with Crippen LogP contribution in [0.2, 0.25) is 0 Å². The predicted molar refractivity (Wildman–Crippen MR) is 61.4 cm³/mol. The van der Waals surface area contributed by atoms with Crippen LogP contribution < -0.4 is 0 Å². The van der Waals surface area contributed by atoms with E-state index < -0.39 is 5.97 Å². The first kappa shape index (κ1) is 10.0. The molecular weight excluding hydrogens is 260 g/mol. The molecule has 0 bridgehead atoms. The zero-order valence-electron chi connectivity index (χ0n) is 6.90. The summed E-state index contributed by atoms with van der Waals surface area (Å²) in [5, 5.41) is 9.68. The van der Waals surface area contributed by atoms with Crippen molar-refractivity contribution in [3.05, 3.63) is 8.01 Å². The van der Waals surface area contributed by atoms with Gasteiger partial charge in [0.25, 0.3) is 0 Å². The number of methoxy groups -OCH3 is 1. The van der Waals surface area contributed by atoms with E-state index in [1.165, 1.54) is 41.1 Å². The van der Waals surface area contributed by atoms with Crippen molar-refractivity contribution >= 4 is 60.9 Å². The van der Waals surface area contributed by atoms with E-state index in [0.717, 1.165) is 7.15 Å². The lowest BCUT2D eigenvalue weighted by atomic mass is 10.4. The Morgan fingerprint density at radius 2 is 2.14 bits per heavy atom. The Morgan fingerprint density at radius 1 is 1.43 bits per heavy atom. The lowest BCUT2D eigenvalue weighted by Crippen LogP contribution is -1.97. The molecule has 7 heteroatoms. The van der Waals surface area contributed by atoms with Gasteiger partial charge in [0, 0.05) is 0 Å². The van der Waals surface area contributed by atoms with E-state index in [4.69, 9.17) is 12.2 Å². The Bertz CT molecular complexity index is 547. The molecule has 0 saturated heterocycles. The highest BCUT2D eigenvalue weighted by molar-refractivity contribution is 7.77. The molecule has 0 aliphatic rings. The van der Waals surface area contributed by atoms with Gasteiger partial charge in [0.05, 0.1) is 7.11 Å². The number of fused-ring (bicyclic) bond motifs is 1. The van der Waals surface area contributed by atoms with Crippen LogP contribution in [0.5, 0.6) is 5.75 Å². The fourth-order valence-electron chi connectivity index (χ4n) is 0.955. The smallest absolute Gasteiger partial charge is 0.351 e. The molecule has 0 aliphatic heterocycles. The molecule has 3 nitrogen and oxygen atoms in total. The summed E-state index contributed by atoms with van der Waals surface area (Å²) < 4.78 is 6.85. The van der Waals surface area contributed by atoms with Crippen molar-refractivity contribution in [2.24, 2.45) is 0 Å². The molecule has 14 heavy (non-hydrogen) atoms. The Labute approximate surface area is 96.2 Å². The number of hydrogen-bond donors (Lipinski definition) is 1. The van der Waals surface area contributed by atoms with Gasteiger partial charge in [0.15, 0.2) is 10.6 Å². The molecule has 0 aliphatic carbocycles. The highest BCUT2D eigenvalue weighted by atomic mass is 32.2. The Morgan fingerprint density at radius 3 is 2.71 bits per heavy atom. The number of thiophene rings is 1. The van der Waals surface area contributed by atoms with Crippen molar-refractivity contribution in [2.75, 3.05) is 7.11 Å². The molecule has 2 rings (SSSR count). The van der Waals surface area contributed by atoms with E-state index in [1.807, 2.05) is 0 Å². The summed E-state index contributed by atoms with van der Waals surface area (Å²) in [5.41, 5.74) is 0. The molecular formula is C7H4O3S4. The monoisotopic (exact) mass is 264 g/mol. The van der Waals surface area contributed by atoms with Crippen LogP contribution in [0.3, 0.4) is 0 Å². The Hall–Kier alpha value is -0.500. The van der Waals surface area contributed by atoms with Gasteiger partial charge < -0.3 is 9.84 Å². The number of carbonyl (C=O) groups excluding carboxylic acids is 1. The number of rotatable bonds is 1. The van der Waals surface area contributed by atoms with Gasteiger partial charge in [-0.1, -0.05) is 12.2 Å². The number of carbonyl (C=O) groups is 1. The third-order valence-corrected chi connectivity index (χ3v) is 5.58. The lowest BCUT2D eigenvalue weighted by Gasteiger charge is -1.94. The van der Waals surface area contributed by atoms with E-state index in [1.54, 1.807) is 0 Å². The van der Waals surface area contributed by atoms with Crippen LogP contribution in [0, 0.1) is 3.14 Å². The van der Waals surface area contributed by atoms with Crippen LogP contribution >= 0.6 is 46.2 Å². The minimum absolute atomic E-state index is 0.00537. The van der Waals surface area contributed by atoms with Crippen molar-refractivity contribution < 1.29 is 14.6 Å². The molecule has 0 radical (unpaired) electrons. The zero-order chi connectivity index (χ0) is 10.3. The van der Waals surface area contributed by atoms with Crippen LogP contribution in [0.4, 0.5) is 0 Å². The van der Waals surface area contributed by atoms with Crippen molar-refractivity contribution in [2.45, 2.75) is 0 Å². The highest BCUT2D eigenvalue weighted by Gasteiger charge is 2.20. The number of aromatic hydroxyl groups is 1. The second-order valence-corrected chi connectivity index (χ2v) is 6.85. The molecule has 0 fully saturated rings. The Balaban J connectivity index is 2.70. The maximum Gasteiger partial charge on any atom is 0.351 e. The van der Waals surface area contributed by atoms with Crippen LogP contribution in [0.15, 0.2) is 0 Å². The number of esters is 1.